The van der Waals surface area contributed by atoms with Crippen molar-refractivity contribution in [2.45, 2.75) is 89.5 Å². The molecule has 0 aliphatic carbocycles. The van der Waals surface area contributed by atoms with Gasteiger partial charge in [-0.25, -0.2) is 0 Å². The van der Waals surface area contributed by atoms with Crippen LogP contribution in [0, 0.1) is 17.8 Å². The number of hydrogen-bond donors (Lipinski definition) is 1. The largest absolute Gasteiger partial charge is 0.396 e. The Morgan fingerprint density at radius 1 is 1.22 bits per heavy atom. The van der Waals surface area contributed by atoms with Crippen LogP contribution in [0.1, 0.15) is 66.2 Å². The van der Waals surface area contributed by atoms with E-state index < -0.39 is 29.1 Å². The minimum atomic E-state index is -1.04. The van der Waals surface area contributed by atoms with Gasteiger partial charge in [-0.1, -0.05) is 32.4 Å². The number of likely N-dealkylation sites (tertiary alicyclic amines) is 1. The van der Waals surface area contributed by atoms with E-state index in [9.17, 15) is 19.5 Å². The fraction of sp³-hybridized carbons (Fsp3) is 0.759. The summed E-state index contributed by atoms with van der Waals surface area (Å²) < 4.78 is 6.83. The lowest BCUT2D eigenvalue weighted by Gasteiger charge is -2.39. The maximum atomic E-state index is 14.4. The Labute approximate surface area is 222 Å². The summed E-state index contributed by atoms with van der Waals surface area (Å²) in [6, 6.07) is -0.801. The van der Waals surface area contributed by atoms with E-state index in [2.05, 4.69) is 27.0 Å². The van der Waals surface area contributed by atoms with Crippen LogP contribution in [0.4, 0.5) is 0 Å². The fourth-order valence-corrected chi connectivity index (χ4v) is 7.08. The first kappa shape index (κ1) is 29.4. The molecule has 7 atom stereocenters. The molecule has 0 aromatic heterocycles. The molecule has 4 unspecified atom stereocenters. The Morgan fingerprint density at radius 3 is 2.49 bits per heavy atom. The van der Waals surface area contributed by atoms with E-state index in [1.165, 1.54) is 0 Å². The number of nitrogens with zero attached hydrogens (tertiary/aromatic N) is 3. The first-order valence-electron chi connectivity index (χ1n) is 13.9. The molecule has 3 fully saturated rings. The molecule has 0 aromatic rings. The first-order chi connectivity index (χ1) is 17.5. The van der Waals surface area contributed by atoms with E-state index in [0.29, 0.717) is 38.9 Å². The number of carbonyl (C=O) groups is 3. The molecule has 3 rings (SSSR count). The summed E-state index contributed by atoms with van der Waals surface area (Å²) in [5.74, 6) is -1.77. The van der Waals surface area contributed by atoms with Crippen molar-refractivity contribution in [1.29, 1.82) is 0 Å². The number of carbonyl (C=O) groups excluding carboxylic acids is 3. The maximum Gasteiger partial charge on any atom is 0.248 e. The molecule has 0 radical (unpaired) electrons. The standard InChI is InChI=1S/C29H47N3O5/c1-8-14-21(5)31(16-10-3)27(36)24-29-19-20(4)28(6,37-29)22(25(34)30(7)15-9-2)23(29)26(35)32(24)17-12-11-13-18-33/h9-10,20-24,33H,2-3,8,11-19H2,1,4-7H3/t20?,21?,22-,23+,24?,28+,29?/m1/s1. The van der Waals surface area contributed by atoms with Crippen LogP contribution in [0.25, 0.3) is 0 Å². The lowest BCUT2D eigenvalue weighted by Crippen LogP contribution is -2.58. The molecule has 8 nitrogen and oxygen atoms in total. The average molecular weight is 518 g/mol. The van der Waals surface area contributed by atoms with Crippen molar-refractivity contribution in [3.8, 4) is 0 Å². The van der Waals surface area contributed by atoms with Gasteiger partial charge in [0.05, 0.1) is 17.4 Å². The van der Waals surface area contributed by atoms with Crippen LogP contribution in [0.2, 0.25) is 0 Å². The van der Waals surface area contributed by atoms with Gasteiger partial charge in [0.15, 0.2) is 0 Å². The molecular weight excluding hydrogens is 470 g/mol. The SMILES string of the molecule is C=CCN(C)C(=O)[C@H]1[C@H]2C(=O)N(CCCCCO)C(C(=O)N(CC=C)C(C)CCC)C23CC(C)[C@]1(C)O3. The quantitative estimate of drug-likeness (QED) is 0.283. The second-order valence-electron chi connectivity index (χ2n) is 11.4. The molecule has 208 valence electrons. The molecule has 3 aliphatic heterocycles. The Kier molecular flexibility index (Phi) is 9.27. The minimum Gasteiger partial charge on any atom is -0.396 e. The van der Waals surface area contributed by atoms with E-state index in [4.69, 9.17) is 4.74 Å². The van der Waals surface area contributed by atoms with Gasteiger partial charge in [-0.15, -0.1) is 13.2 Å². The normalized spacial score (nSPS) is 32.8. The third kappa shape index (κ3) is 4.87. The summed E-state index contributed by atoms with van der Waals surface area (Å²) in [5, 5.41) is 9.24. The number of aliphatic hydroxyl groups excluding tert-OH is 1. The lowest BCUT2D eigenvalue weighted by molar-refractivity contribution is -0.155. The van der Waals surface area contributed by atoms with Crippen molar-refractivity contribution in [3.63, 3.8) is 0 Å². The number of fused-ring (bicyclic) bond motifs is 1. The Morgan fingerprint density at radius 2 is 1.89 bits per heavy atom. The number of hydrogen-bond acceptors (Lipinski definition) is 5. The smallest absolute Gasteiger partial charge is 0.248 e. The van der Waals surface area contributed by atoms with Crippen LogP contribution in [0.3, 0.4) is 0 Å². The summed E-state index contributed by atoms with van der Waals surface area (Å²) in [7, 11) is 1.73. The molecule has 2 bridgehead atoms. The summed E-state index contributed by atoms with van der Waals surface area (Å²) in [5.41, 5.74) is -1.87. The molecule has 37 heavy (non-hydrogen) atoms. The molecule has 3 aliphatic rings. The zero-order valence-corrected chi connectivity index (χ0v) is 23.4. The molecular formula is C29H47N3O5. The molecule has 0 saturated carbocycles. The van der Waals surface area contributed by atoms with E-state index in [1.54, 1.807) is 29.0 Å². The predicted octanol–water partition coefficient (Wildman–Crippen LogP) is 3.01. The van der Waals surface area contributed by atoms with Crippen LogP contribution < -0.4 is 0 Å². The Bertz CT molecular complexity index is 893. The zero-order chi connectivity index (χ0) is 27.5. The number of aliphatic hydroxyl groups is 1. The molecule has 3 saturated heterocycles. The maximum absolute atomic E-state index is 14.4. The summed E-state index contributed by atoms with van der Waals surface area (Å²) in [4.78, 5) is 47.5. The number of likely N-dealkylation sites (N-methyl/N-ethyl adjacent to an activating group) is 1. The molecule has 1 N–H and O–H groups in total. The van der Waals surface area contributed by atoms with Crippen molar-refractivity contribution in [1.82, 2.24) is 14.7 Å². The summed E-state index contributed by atoms with van der Waals surface area (Å²) in [6.07, 6.45) is 7.80. The highest BCUT2D eigenvalue weighted by Gasteiger charge is 2.80. The molecule has 1 spiro atoms. The third-order valence-corrected chi connectivity index (χ3v) is 9.00. The van der Waals surface area contributed by atoms with Crippen molar-refractivity contribution in [2.75, 3.05) is 33.3 Å². The molecule has 0 aromatic carbocycles. The molecule has 8 heteroatoms. The van der Waals surface area contributed by atoms with Gasteiger partial charge >= 0.3 is 0 Å². The van der Waals surface area contributed by atoms with Gasteiger partial charge in [-0.3, -0.25) is 14.4 Å². The van der Waals surface area contributed by atoms with E-state index in [1.807, 2.05) is 18.7 Å². The highest BCUT2D eigenvalue weighted by molar-refractivity contribution is 5.99. The lowest BCUT2D eigenvalue weighted by atomic mass is 9.62. The Hall–Kier alpha value is -2.19. The van der Waals surface area contributed by atoms with Crippen LogP contribution >= 0.6 is 0 Å². The second-order valence-corrected chi connectivity index (χ2v) is 11.4. The second kappa shape index (κ2) is 11.7. The minimum absolute atomic E-state index is 0.00758. The van der Waals surface area contributed by atoms with Gasteiger partial charge < -0.3 is 24.5 Å². The van der Waals surface area contributed by atoms with Crippen molar-refractivity contribution in [3.05, 3.63) is 25.3 Å². The highest BCUT2D eigenvalue weighted by atomic mass is 16.5. The zero-order valence-electron chi connectivity index (χ0n) is 23.4. The van der Waals surface area contributed by atoms with E-state index in [0.717, 1.165) is 19.3 Å². The topological polar surface area (TPSA) is 90.4 Å². The third-order valence-electron chi connectivity index (χ3n) is 9.00. The number of rotatable bonds is 14. The molecule has 3 heterocycles. The van der Waals surface area contributed by atoms with Gasteiger partial charge in [0, 0.05) is 39.3 Å². The van der Waals surface area contributed by atoms with Crippen molar-refractivity contribution >= 4 is 17.7 Å². The van der Waals surface area contributed by atoms with Crippen LogP contribution in [-0.2, 0) is 19.1 Å². The number of ether oxygens (including phenoxy) is 1. The fourth-order valence-electron chi connectivity index (χ4n) is 7.08. The van der Waals surface area contributed by atoms with Gasteiger partial charge in [0.25, 0.3) is 0 Å². The monoisotopic (exact) mass is 517 g/mol. The van der Waals surface area contributed by atoms with Crippen molar-refractivity contribution < 1.29 is 24.2 Å². The van der Waals surface area contributed by atoms with Gasteiger partial charge in [-0.2, -0.15) is 0 Å². The highest BCUT2D eigenvalue weighted by Crippen LogP contribution is 2.65. The average Bonchev–Trinajstić information content (AvgIpc) is 3.36. The van der Waals surface area contributed by atoms with Gasteiger partial charge in [0.2, 0.25) is 17.7 Å². The Balaban J connectivity index is 2.08. The summed E-state index contributed by atoms with van der Waals surface area (Å²) in [6.45, 7) is 17.0. The van der Waals surface area contributed by atoms with Crippen LogP contribution in [0.15, 0.2) is 25.3 Å². The van der Waals surface area contributed by atoms with Crippen molar-refractivity contribution in [2.24, 2.45) is 17.8 Å². The van der Waals surface area contributed by atoms with E-state index >= 15 is 0 Å². The van der Waals surface area contributed by atoms with Crippen LogP contribution in [0.5, 0.6) is 0 Å². The number of unbranched alkanes of at least 4 members (excludes halogenated alkanes) is 2. The van der Waals surface area contributed by atoms with Gasteiger partial charge in [0.1, 0.15) is 11.6 Å². The van der Waals surface area contributed by atoms with Crippen LogP contribution in [-0.4, -0.2) is 94.1 Å². The van der Waals surface area contributed by atoms with E-state index in [-0.39, 0.29) is 36.3 Å². The van der Waals surface area contributed by atoms with Gasteiger partial charge in [-0.05, 0) is 51.9 Å². The predicted molar refractivity (Wildman–Crippen MR) is 144 cm³/mol. The number of amides is 3. The summed E-state index contributed by atoms with van der Waals surface area (Å²) >= 11 is 0. The first-order valence-corrected chi connectivity index (χ1v) is 13.9. The molecule has 3 amide bonds.